The monoisotopic (exact) mass is 248 g/mol. The maximum Gasteiger partial charge on any atom is 0.157 e. The highest BCUT2D eigenvalue weighted by Gasteiger charge is 2.08. The summed E-state index contributed by atoms with van der Waals surface area (Å²) in [5.41, 5.74) is 2.07. The second kappa shape index (κ2) is 5.82. The van der Waals surface area contributed by atoms with Crippen LogP contribution in [0.2, 0.25) is 0 Å². The topological polar surface area (TPSA) is 53.7 Å². The van der Waals surface area contributed by atoms with Crippen LogP contribution in [0.1, 0.15) is 24.8 Å². The van der Waals surface area contributed by atoms with Crippen LogP contribution in [0.25, 0.3) is 5.65 Å². The Balaban J connectivity index is 2.11. The lowest BCUT2D eigenvalue weighted by Crippen LogP contribution is -2.21. The number of hydrogen-bond donors (Lipinski definition) is 1. The predicted octanol–water partition coefficient (Wildman–Crippen LogP) is 1.64. The third kappa shape index (κ3) is 2.79. The van der Waals surface area contributed by atoms with Crippen LogP contribution < -0.4 is 4.90 Å². The van der Waals surface area contributed by atoms with Gasteiger partial charge in [-0.15, -0.1) is 0 Å². The SMILES string of the molecule is Cc1cc(N(C)CCCCCO)n2ncnc2c1. The van der Waals surface area contributed by atoms with E-state index in [1.54, 1.807) is 6.33 Å². The first-order valence-corrected chi connectivity index (χ1v) is 6.35. The Bertz CT molecular complexity index is 509. The Morgan fingerprint density at radius 3 is 2.89 bits per heavy atom. The largest absolute Gasteiger partial charge is 0.396 e. The number of fused-ring (bicyclic) bond motifs is 1. The van der Waals surface area contributed by atoms with Crippen LogP contribution in [0, 0.1) is 6.92 Å². The standard InChI is InChI=1S/C13H20N4O/c1-11-8-12-14-10-15-17(12)13(9-11)16(2)6-4-3-5-7-18/h8-10,18H,3-7H2,1-2H3. The molecule has 0 fully saturated rings. The molecule has 98 valence electrons. The van der Waals surface area contributed by atoms with Crippen LogP contribution in [-0.4, -0.2) is 39.9 Å². The van der Waals surface area contributed by atoms with Gasteiger partial charge in [-0.05, 0) is 43.9 Å². The van der Waals surface area contributed by atoms with E-state index < -0.39 is 0 Å². The van der Waals surface area contributed by atoms with Crippen molar-refractivity contribution in [3.63, 3.8) is 0 Å². The number of aliphatic hydroxyl groups is 1. The molecular weight excluding hydrogens is 228 g/mol. The Hall–Kier alpha value is -1.62. The molecule has 0 atom stereocenters. The van der Waals surface area contributed by atoms with Crippen LogP contribution in [0.4, 0.5) is 5.82 Å². The van der Waals surface area contributed by atoms with E-state index in [-0.39, 0.29) is 6.61 Å². The zero-order chi connectivity index (χ0) is 13.0. The summed E-state index contributed by atoms with van der Waals surface area (Å²) < 4.78 is 1.86. The van der Waals surface area contributed by atoms with Gasteiger partial charge in [0.05, 0.1) is 0 Å². The van der Waals surface area contributed by atoms with Crippen LogP contribution in [0.3, 0.4) is 0 Å². The smallest absolute Gasteiger partial charge is 0.157 e. The van der Waals surface area contributed by atoms with E-state index in [1.165, 1.54) is 5.56 Å². The van der Waals surface area contributed by atoms with Gasteiger partial charge in [-0.25, -0.2) is 4.98 Å². The fourth-order valence-corrected chi connectivity index (χ4v) is 2.06. The first kappa shape index (κ1) is 12.8. The highest BCUT2D eigenvalue weighted by atomic mass is 16.2. The van der Waals surface area contributed by atoms with Crippen molar-refractivity contribution in [2.75, 3.05) is 25.1 Å². The molecule has 5 heteroatoms. The Morgan fingerprint density at radius 1 is 1.28 bits per heavy atom. The van der Waals surface area contributed by atoms with Crippen molar-refractivity contribution in [1.29, 1.82) is 0 Å². The minimum Gasteiger partial charge on any atom is -0.396 e. The molecule has 2 rings (SSSR count). The van der Waals surface area contributed by atoms with E-state index >= 15 is 0 Å². The molecule has 18 heavy (non-hydrogen) atoms. The van der Waals surface area contributed by atoms with Crippen molar-refractivity contribution in [2.24, 2.45) is 0 Å². The molecule has 5 nitrogen and oxygen atoms in total. The predicted molar refractivity (Wildman–Crippen MR) is 71.9 cm³/mol. The lowest BCUT2D eigenvalue weighted by atomic mass is 10.2. The molecule has 0 unspecified atom stereocenters. The van der Waals surface area contributed by atoms with E-state index in [4.69, 9.17) is 5.11 Å². The Morgan fingerprint density at radius 2 is 2.11 bits per heavy atom. The number of aromatic nitrogens is 3. The number of unbranched alkanes of at least 4 members (excludes halogenated alkanes) is 2. The number of pyridine rings is 1. The van der Waals surface area contributed by atoms with Gasteiger partial charge in [0.25, 0.3) is 0 Å². The van der Waals surface area contributed by atoms with Crippen molar-refractivity contribution in [2.45, 2.75) is 26.2 Å². The molecule has 0 saturated heterocycles. The summed E-state index contributed by atoms with van der Waals surface area (Å²) in [6, 6.07) is 4.14. The number of nitrogens with zero attached hydrogens (tertiary/aromatic N) is 4. The molecule has 2 heterocycles. The quantitative estimate of drug-likeness (QED) is 0.790. The lowest BCUT2D eigenvalue weighted by Gasteiger charge is -2.20. The average Bonchev–Trinajstić information content (AvgIpc) is 2.81. The van der Waals surface area contributed by atoms with Gasteiger partial charge in [-0.1, -0.05) is 0 Å². The van der Waals surface area contributed by atoms with Crippen molar-refractivity contribution >= 4 is 11.5 Å². The van der Waals surface area contributed by atoms with Gasteiger partial charge >= 0.3 is 0 Å². The van der Waals surface area contributed by atoms with Gasteiger partial charge in [-0.3, -0.25) is 0 Å². The third-order valence-electron chi connectivity index (χ3n) is 3.05. The fraction of sp³-hybridized carbons (Fsp3) is 0.538. The van der Waals surface area contributed by atoms with Crippen LogP contribution >= 0.6 is 0 Å². The second-order valence-electron chi connectivity index (χ2n) is 4.63. The lowest BCUT2D eigenvalue weighted by molar-refractivity contribution is 0.283. The molecule has 1 N–H and O–H groups in total. The zero-order valence-corrected chi connectivity index (χ0v) is 11.0. The van der Waals surface area contributed by atoms with E-state index in [0.717, 1.165) is 37.3 Å². The van der Waals surface area contributed by atoms with Gasteiger partial charge in [0.1, 0.15) is 12.1 Å². The summed E-state index contributed by atoms with van der Waals surface area (Å²) in [5.74, 6) is 1.06. The van der Waals surface area contributed by atoms with Crippen molar-refractivity contribution in [1.82, 2.24) is 14.6 Å². The summed E-state index contributed by atoms with van der Waals surface area (Å²) in [7, 11) is 2.06. The molecule has 0 saturated carbocycles. The maximum atomic E-state index is 8.76. The molecule has 2 aromatic rings. The highest BCUT2D eigenvalue weighted by molar-refractivity contribution is 5.52. The van der Waals surface area contributed by atoms with E-state index in [9.17, 15) is 0 Å². The van der Waals surface area contributed by atoms with Crippen LogP contribution in [0.15, 0.2) is 18.5 Å². The minimum absolute atomic E-state index is 0.279. The summed E-state index contributed by atoms with van der Waals surface area (Å²) in [6.45, 7) is 3.30. The number of rotatable bonds is 6. The van der Waals surface area contributed by atoms with E-state index in [2.05, 4.69) is 35.0 Å². The van der Waals surface area contributed by atoms with Gasteiger partial charge < -0.3 is 10.0 Å². The fourth-order valence-electron chi connectivity index (χ4n) is 2.06. The first-order chi connectivity index (χ1) is 8.72. The Kier molecular flexibility index (Phi) is 4.15. The van der Waals surface area contributed by atoms with Crippen LogP contribution in [0.5, 0.6) is 0 Å². The molecule has 0 spiro atoms. The average molecular weight is 248 g/mol. The van der Waals surface area contributed by atoms with Crippen LogP contribution in [-0.2, 0) is 0 Å². The summed E-state index contributed by atoms with van der Waals surface area (Å²) in [6.07, 6.45) is 4.58. The van der Waals surface area contributed by atoms with Crippen molar-refractivity contribution < 1.29 is 5.11 Å². The molecular formula is C13H20N4O. The molecule has 0 radical (unpaired) electrons. The number of aliphatic hydroxyl groups excluding tert-OH is 1. The molecule has 0 aromatic carbocycles. The number of hydrogen-bond acceptors (Lipinski definition) is 4. The summed E-state index contributed by atoms with van der Waals surface area (Å²) in [5, 5.41) is 13.0. The highest BCUT2D eigenvalue weighted by Crippen LogP contribution is 2.17. The normalized spacial score (nSPS) is 11.1. The van der Waals surface area contributed by atoms with E-state index in [1.807, 2.05) is 10.6 Å². The second-order valence-corrected chi connectivity index (χ2v) is 4.63. The van der Waals surface area contributed by atoms with Gasteiger partial charge in [-0.2, -0.15) is 9.61 Å². The minimum atomic E-state index is 0.279. The zero-order valence-electron chi connectivity index (χ0n) is 11.0. The summed E-state index contributed by atoms with van der Waals surface area (Å²) >= 11 is 0. The molecule has 0 aliphatic heterocycles. The maximum absolute atomic E-state index is 8.76. The first-order valence-electron chi connectivity index (χ1n) is 6.35. The molecule has 0 bridgehead atoms. The molecule has 0 aliphatic rings. The molecule has 0 aliphatic carbocycles. The number of anilines is 1. The van der Waals surface area contributed by atoms with Gasteiger partial charge in [0, 0.05) is 20.2 Å². The molecule has 2 aromatic heterocycles. The molecule has 0 amide bonds. The number of aryl methyl sites for hydroxylation is 1. The Labute approximate surface area is 107 Å². The van der Waals surface area contributed by atoms with Gasteiger partial charge in [0.15, 0.2) is 5.65 Å². The van der Waals surface area contributed by atoms with E-state index in [0.29, 0.717) is 0 Å². The summed E-state index contributed by atoms with van der Waals surface area (Å²) in [4.78, 5) is 6.41. The van der Waals surface area contributed by atoms with Gasteiger partial charge in [0.2, 0.25) is 0 Å². The van der Waals surface area contributed by atoms with Crippen molar-refractivity contribution in [3.8, 4) is 0 Å². The third-order valence-corrected chi connectivity index (χ3v) is 3.05. The van der Waals surface area contributed by atoms with Crippen molar-refractivity contribution in [3.05, 3.63) is 24.0 Å².